The fourth-order valence-corrected chi connectivity index (χ4v) is 4.51. The molecule has 0 aliphatic rings. The third-order valence-corrected chi connectivity index (χ3v) is 6.68. The molecule has 0 bridgehead atoms. The molecule has 0 fully saturated rings. The van der Waals surface area contributed by atoms with Gasteiger partial charge in [-0.25, -0.2) is 4.31 Å². The van der Waals surface area contributed by atoms with Crippen LogP contribution in [0.4, 0.5) is 0 Å². The summed E-state index contributed by atoms with van der Waals surface area (Å²) in [6, 6.07) is 11.3. The summed E-state index contributed by atoms with van der Waals surface area (Å²) in [7, 11) is -5.22. The molecule has 0 saturated heterocycles. The third kappa shape index (κ3) is 6.08. The maximum Gasteiger partial charge on any atom is 0.334 e. The predicted molar refractivity (Wildman–Crippen MR) is 122 cm³/mol. The van der Waals surface area contributed by atoms with E-state index in [4.69, 9.17) is 19.6 Å². The molecule has 9 nitrogen and oxygen atoms in total. The van der Waals surface area contributed by atoms with Crippen molar-refractivity contribution in [1.82, 2.24) is 0 Å². The number of aliphatic hydroxyl groups excluding tert-OH is 3. The smallest absolute Gasteiger partial charge is 0.334 e. The standard InChI is InChI=1S/C21H28O4.H4O5P2/c1-14-7-5-8-15(2)18(14)21(25,20(11-22,12-23)13-24)19-16(3)9-6-10-17(19)4;1-6(2)5-7(3)4/h5-10,22-25H,11-13H2,1-4H3;1-4H. The molecule has 0 unspecified atom stereocenters. The monoisotopic (exact) mass is 490 g/mol. The highest BCUT2D eigenvalue weighted by Crippen LogP contribution is 2.49. The van der Waals surface area contributed by atoms with E-state index in [2.05, 4.69) is 4.31 Å². The molecule has 0 saturated carbocycles. The van der Waals surface area contributed by atoms with Crippen LogP contribution in [-0.2, 0) is 9.91 Å². The molecule has 0 aliphatic heterocycles. The first-order valence-corrected chi connectivity index (χ1v) is 12.0. The average Bonchev–Trinajstić information content (AvgIpc) is 2.69. The molecule has 180 valence electrons. The van der Waals surface area contributed by atoms with Crippen LogP contribution in [0.15, 0.2) is 36.4 Å². The van der Waals surface area contributed by atoms with E-state index in [1.807, 2.05) is 64.1 Å². The molecule has 2 rings (SSSR count). The molecule has 0 radical (unpaired) electrons. The third-order valence-electron chi connectivity index (χ3n) is 5.51. The van der Waals surface area contributed by atoms with E-state index in [9.17, 15) is 20.4 Å². The van der Waals surface area contributed by atoms with Gasteiger partial charge in [-0.3, -0.25) is 0 Å². The van der Waals surface area contributed by atoms with Gasteiger partial charge >= 0.3 is 17.2 Å². The second-order valence-corrected chi connectivity index (χ2v) is 9.25. The van der Waals surface area contributed by atoms with Crippen LogP contribution < -0.4 is 0 Å². The van der Waals surface area contributed by atoms with Gasteiger partial charge in [-0.05, 0) is 61.1 Å². The van der Waals surface area contributed by atoms with Crippen molar-refractivity contribution in [2.75, 3.05) is 19.8 Å². The summed E-state index contributed by atoms with van der Waals surface area (Å²) in [6.07, 6.45) is 0. The molecule has 0 amide bonds. The van der Waals surface area contributed by atoms with Crippen LogP contribution in [0.25, 0.3) is 0 Å². The Bertz CT molecular complexity index is 764. The lowest BCUT2D eigenvalue weighted by Crippen LogP contribution is -2.55. The highest BCUT2D eigenvalue weighted by Gasteiger charge is 2.54. The Labute approximate surface area is 190 Å². The van der Waals surface area contributed by atoms with E-state index in [1.54, 1.807) is 0 Å². The van der Waals surface area contributed by atoms with E-state index >= 15 is 0 Å². The van der Waals surface area contributed by atoms with Crippen molar-refractivity contribution in [3.8, 4) is 0 Å². The number of hydrogen-bond donors (Lipinski definition) is 8. The fourth-order valence-electron chi connectivity index (χ4n) is 3.98. The van der Waals surface area contributed by atoms with Gasteiger partial charge in [0.2, 0.25) is 0 Å². The van der Waals surface area contributed by atoms with Crippen molar-refractivity contribution in [1.29, 1.82) is 0 Å². The zero-order valence-electron chi connectivity index (χ0n) is 18.5. The van der Waals surface area contributed by atoms with Crippen molar-refractivity contribution >= 4 is 17.2 Å². The van der Waals surface area contributed by atoms with Crippen LogP contribution in [0.5, 0.6) is 0 Å². The second kappa shape index (κ2) is 12.4. The molecule has 2 aromatic carbocycles. The van der Waals surface area contributed by atoms with Gasteiger partial charge in [-0.1, -0.05) is 36.4 Å². The summed E-state index contributed by atoms with van der Waals surface area (Å²) in [5.41, 5.74) is 1.32. The molecular formula is C21H32O9P2. The Kier molecular flexibility index (Phi) is 11.2. The highest BCUT2D eigenvalue weighted by molar-refractivity contribution is 7.53. The van der Waals surface area contributed by atoms with Gasteiger partial charge in [0.1, 0.15) is 5.60 Å². The molecule has 11 heteroatoms. The molecule has 32 heavy (non-hydrogen) atoms. The van der Waals surface area contributed by atoms with Crippen LogP contribution in [0.1, 0.15) is 33.4 Å². The minimum absolute atomic E-state index is 0.557. The van der Waals surface area contributed by atoms with E-state index in [0.717, 1.165) is 22.3 Å². The van der Waals surface area contributed by atoms with Gasteiger partial charge in [0, 0.05) is 0 Å². The lowest BCUT2D eigenvalue weighted by molar-refractivity contribution is -0.137. The van der Waals surface area contributed by atoms with Gasteiger partial charge in [-0.15, -0.1) is 0 Å². The first-order valence-electron chi connectivity index (χ1n) is 9.64. The van der Waals surface area contributed by atoms with Gasteiger partial charge in [-0.2, -0.15) is 0 Å². The fraction of sp³-hybridized carbons (Fsp3) is 0.429. The Balaban J connectivity index is 0.000000633. The summed E-state index contributed by atoms with van der Waals surface area (Å²) < 4.78 is 3.60. The van der Waals surface area contributed by atoms with Crippen LogP contribution in [0.2, 0.25) is 0 Å². The maximum absolute atomic E-state index is 12.1. The molecule has 0 aromatic heterocycles. The van der Waals surface area contributed by atoms with Crippen molar-refractivity contribution in [2.24, 2.45) is 5.41 Å². The molecule has 0 aliphatic carbocycles. The number of aliphatic hydroxyl groups is 4. The molecule has 0 atom stereocenters. The summed E-state index contributed by atoms with van der Waals surface area (Å²) in [5, 5.41) is 42.5. The van der Waals surface area contributed by atoms with Crippen molar-refractivity contribution in [3.05, 3.63) is 69.8 Å². The van der Waals surface area contributed by atoms with Gasteiger partial charge < -0.3 is 40.0 Å². The highest BCUT2D eigenvalue weighted by atomic mass is 31.2. The van der Waals surface area contributed by atoms with E-state index < -0.39 is 48.0 Å². The van der Waals surface area contributed by atoms with Crippen molar-refractivity contribution in [3.63, 3.8) is 0 Å². The summed E-state index contributed by atoms with van der Waals surface area (Å²) in [5.74, 6) is 0. The minimum atomic E-state index is -2.61. The Morgan fingerprint density at radius 3 is 1.12 bits per heavy atom. The quantitative estimate of drug-likeness (QED) is 0.256. The minimum Gasteiger partial charge on any atom is -0.395 e. The summed E-state index contributed by atoms with van der Waals surface area (Å²) >= 11 is 0. The first kappa shape index (κ1) is 29.0. The lowest BCUT2D eigenvalue weighted by Gasteiger charge is -2.47. The number of hydrogen-bond acceptors (Lipinski definition) is 9. The zero-order chi connectivity index (χ0) is 24.7. The predicted octanol–water partition coefficient (Wildman–Crippen LogP) is 1.55. The lowest BCUT2D eigenvalue weighted by atomic mass is 9.62. The van der Waals surface area contributed by atoms with Gasteiger partial charge in [0.15, 0.2) is 0 Å². The number of rotatable bonds is 8. The normalized spacial score (nSPS) is 12.2. The first-order chi connectivity index (χ1) is 14.9. The topological polar surface area (TPSA) is 171 Å². The molecule has 0 spiro atoms. The second-order valence-electron chi connectivity index (χ2n) is 7.59. The molecule has 0 heterocycles. The van der Waals surface area contributed by atoms with Crippen molar-refractivity contribution in [2.45, 2.75) is 33.3 Å². The van der Waals surface area contributed by atoms with Crippen molar-refractivity contribution < 1.29 is 44.3 Å². The number of aryl methyl sites for hydroxylation is 4. The number of benzene rings is 2. The molecular weight excluding hydrogens is 458 g/mol. The van der Waals surface area contributed by atoms with E-state index in [-0.39, 0.29) is 0 Å². The SMILES string of the molecule is Cc1cccc(C)c1C(O)(c1c(C)cccc1C)C(CO)(CO)CO.OP(O)OP(O)O. The maximum atomic E-state index is 12.1. The average molecular weight is 490 g/mol. The van der Waals surface area contributed by atoms with Gasteiger partial charge in [0.25, 0.3) is 0 Å². The largest absolute Gasteiger partial charge is 0.395 e. The molecule has 2 aromatic rings. The van der Waals surface area contributed by atoms with Crippen LogP contribution >= 0.6 is 17.2 Å². The van der Waals surface area contributed by atoms with Gasteiger partial charge in [0.05, 0.1) is 25.2 Å². The van der Waals surface area contributed by atoms with Crippen LogP contribution in [0, 0.1) is 33.1 Å². The Morgan fingerprint density at radius 1 is 0.656 bits per heavy atom. The van der Waals surface area contributed by atoms with Crippen LogP contribution in [0.3, 0.4) is 0 Å². The Morgan fingerprint density at radius 2 is 0.938 bits per heavy atom. The van der Waals surface area contributed by atoms with E-state index in [0.29, 0.717) is 11.1 Å². The van der Waals surface area contributed by atoms with Crippen LogP contribution in [-0.4, -0.2) is 59.8 Å². The zero-order valence-corrected chi connectivity index (χ0v) is 20.3. The van der Waals surface area contributed by atoms with E-state index in [1.165, 1.54) is 0 Å². The molecule has 8 N–H and O–H groups in total. The summed E-state index contributed by atoms with van der Waals surface area (Å²) in [6.45, 7) is 5.87. The Hall–Kier alpha value is -1.06. The summed E-state index contributed by atoms with van der Waals surface area (Å²) in [4.78, 5) is 31.3.